The van der Waals surface area contributed by atoms with Crippen LogP contribution in [0.1, 0.15) is 16.4 Å². The van der Waals surface area contributed by atoms with Crippen LogP contribution >= 0.6 is 0 Å². The van der Waals surface area contributed by atoms with Gasteiger partial charge in [-0.3, -0.25) is 4.79 Å². The molecule has 0 N–H and O–H groups in total. The van der Waals surface area contributed by atoms with Crippen LogP contribution in [0.25, 0.3) is 5.69 Å². The number of amides is 1. The fraction of sp³-hybridized carbons (Fsp3) is 0.400. The zero-order valence-corrected chi connectivity index (χ0v) is 12.9. The van der Waals surface area contributed by atoms with Crippen molar-refractivity contribution in [3.05, 3.63) is 41.7 Å². The van der Waals surface area contributed by atoms with E-state index in [1.807, 2.05) is 0 Å². The molecule has 0 saturated carbocycles. The van der Waals surface area contributed by atoms with Gasteiger partial charge in [0.1, 0.15) is 11.6 Å². The maximum absolute atomic E-state index is 13.0. The number of methoxy groups -OCH3 is 1. The zero-order valence-electron chi connectivity index (χ0n) is 12.9. The molecule has 0 aliphatic carbocycles. The highest BCUT2D eigenvalue weighted by Gasteiger charge is 2.27. The molecular weight excluding hydrogens is 303 g/mol. The number of benzene rings is 1. The average molecular weight is 320 g/mol. The van der Waals surface area contributed by atoms with E-state index in [4.69, 9.17) is 9.47 Å². The number of carbonyl (C=O) groups excluding carboxylic acids is 1. The maximum atomic E-state index is 13.0. The number of rotatable bonds is 3. The Morgan fingerprint density at radius 1 is 1.39 bits per heavy atom. The molecule has 1 amide bonds. The van der Waals surface area contributed by atoms with E-state index in [0.717, 1.165) is 0 Å². The summed E-state index contributed by atoms with van der Waals surface area (Å²) < 4.78 is 25.0. The first-order valence-corrected chi connectivity index (χ1v) is 7.22. The van der Waals surface area contributed by atoms with Crippen molar-refractivity contribution in [1.82, 2.24) is 19.7 Å². The molecule has 1 fully saturated rings. The average Bonchev–Trinajstić information content (AvgIpc) is 2.97. The number of hydrogen-bond acceptors (Lipinski definition) is 5. The summed E-state index contributed by atoms with van der Waals surface area (Å²) in [5, 5.41) is 4.25. The van der Waals surface area contributed by atoms with E-state index in [0.29, 0.717) is 31.2 Å². The van der Waals surface area contributed by atoms with Gasteiger partial charge in [-0.05, 0) is 31.2 Å². The van der Waals surface area contributed by atoms with Gasteiger partial charge in [0.15, 0.2) is 6.29 Å². The fourth-order valence-corrected chi connectivity index (χ4v) is 2.39. The Balaban J connectivity index is 1.82. The number of carbonyl (C=O) groups is 1. The molecule has 0 spiro atoms. The van der Waals surface area contributed by atoms with Gasteiger partial charge in [0.05, 0.1) is 18.8 Å². The van der Waals surface area contributed by atoms with Crippen LogP contribution in [0.4, 0.5) is 4.39 Å². The van der Waals surface area contributed by atoms with E-state index < -0.39 is 6.29 Å². The minimum Gasteiger partial charge on any atom is -0.354 e. The third-order valence-corrected chi connectivity index (χ3v) is 3.62. The first-order valence-electron chi connectivity index (χ1n) is 7.22. The van der Waals surface area contributed by atoms with Crippen molar-refractivity contribution < 1.29 is 18.7 Å². The molecule has 1 saturated heterocycles. The minimum absolute atomic E-state index is 0.101. The van der Waals surface area contributed by atoms with Crippen molar-refractivity contribution in [1.29, 1.82) is 0 Å². The van der Waals surface area contributed by atoms with Crippen LogP contribution in [0, 0.1) is 12.7 Å². The van der Waals surface area contributed by atoms with Crippen LogP contribution in [0.15, 0.2) is 24.3 Å². The second kappa shape index (κ2) is 6.43. The van der Waals surface area contributed by atoms with Crippen LogP contribution in [-0.4, -0.2) is 58.7 Å². The highest BCUT2D eigenvalue weighted by molar-refractivity contribution is 5.90. The lowest BCUT2D eigenvalue weighted by Crippen LogP contribution is -2.46. The van der Waals surface area contributed by atoms with Gasteiger partial charge in [-0.1, -0.05) is 0 Å². The molecule has 1 aromatic carbocycles. The molecule has 1 unspecified atom stereocenters. The molecule has 7 nitrogen and oxygen atoms in total. The smallest absolute Gasteiger partial charge is 0.293 e. The van der Waals surface area contributed by atoms with Crippen molar-refractivity contribution in [2.75, 3.05) is 26.8 Å². The van der Waals surface area contributed by atoms with E-state index in [-0.39, 0.29) is 17.5 Å². The Kier molecular flexibility index (Phi) is 4.35. The van der Waals surface area contributed by atoms with E-state index in [1.165, 1.54) is 23.9 Å². The van der Waals surface area contributed by atoms with Gasteiger partial charge >= 0.3 is 0 Å². The van der Waals surface area contributed by atoms with E-state index in [9.17, 15) is 9.18 Å². The van der Waals surface area contributed by atoms with Gasteiger partial charge in [0.2, 0.25) is 5.82 Å². The lowest BCUT2D eigenvalue weighted by Gasteiger charge is -2.31. The molecule has 1 aliphatic rings. The number of nitrogens with zero attached hydrogens (tertiary/aromatic N) is 4. The number of hydrogen-bond donors (Lipinski definition) is 0. The van der Waals surface area contributed by atoms with Crippen molar-refractivity contribution >= 4 is 5.91 Å². The lowest BCUT2D eigenvalue weighted by atomic mass is 10.3. The Hall–Kier alpha value is -2.32. The normalized spacial score (nSPS) is 18.2. The third kappa shape index (κ3) is 3.22. The molecule has 0 radical (unpaired) electrons. The number of aryl methyl sites for hydroxylation is 1. The van der Waals surface area contributed by atoms with Gasteiger partial charge in [-0.15, -0.1) is 5.10 Å². The molecule has 23 heavy (non-hydrogen) atoms. The van der Waals surface area contributed by atoms with Gasteiger partial charge in [-0.2, -0.15) is 0 Å². The molecule has 2 aromatic rings. The molecule has 3 rings (SSSR count). The van der Waals surface area contributed by atoms with Crippen molar-refractivity contribution in [2.45, 2.75) is 13.2 Å². The van der Waals surface area contributed by atoms with Crippen LogP contribution in [0.2, 0.25) is 0 Å². The lowest BCUT2D eigenvalue weighted by molar-refractivity contribution is -0.157. The SMILES string of the molecule is COC1CN(C(=O)c2nc(C)n(-c3ccc(F)cc3)n2)CCO1. The summed E-state index contributed by atoms with van der Waals surface area (Å²) in [5.74, 6) is 0.0427. The standard InChI is InChI=1S/C15H17FN4O3/c1-10-17-14(15(21)19-7-8-23-13(9-19)22-2)18-20(10)12-5-3-11(16)4-6-12/h3-6,13H,7-9H2,1-2H3. The molecule has 1 atom stereocenters. The minimum atomic E-state index is -0.437. The molecule has 1 aromatic heterocycles. The van der Waals surface area contributed by atoms with Crippen molar-refractivity contribution in [2.24, 2.45) is 0 Å². The summed E-state index contributed by atoms with van der Waals surface area (Å²) in [5.41, 5.74) is 0.646. The molecule has 2 heterocycles. The summed E-state index contributed by atoms with van der Waals surface area (Å²) in [7, 11) is 1.53. The summed E-state index contributed by atoms with van der Waals surface area (Å²) >= 11 is 0. The van der Waals surface area contributed by atoms with E-state index in [1.54, 1.807) is 24.0 Å². The summed E-state index contributed by atoms with van der Waals surface area (Å²) in [6.07, 6.45) is -0.437. The molecule has 1 aliphatic heterocycles. The first kappa shape index (κ1) is 15.6. The Bertz CT molecular complexity index is 701. The molecule has 8 heteroatoms. The predicted octanol–water partition coefficient (Wildman–Crippen LogP) is 1.16. The molecular formula is C15H17FN4O3. The van der Waals surface area contributed by atoms with Crippen molar-refractivity contribution in [3.63, 3.8) is 0 Å². The number of ether oxygens (including phenoxy) is 2. The maximum Gasteiger partial charge on any atom is 0.293 e. The van der Waals surface area contributed by atoms with Crippen LogP contribution in [-0.2, 0) is 9.47 Å². The molecule has 0 bridgehead atoms. The van der Waals surface area contributed by atoms with Gasteiger partial charge in [-0.25, -0.2) is 14.1 Å². The topological polar surface area (TPSA) is 69.5 Å². The Morgan fingerprint density at radius 3 is 2.83 bits per heavy atom. The number of aromatic nitrogens is 3. The fourth-order valence-electron chi connectivity index (χ4n) is 2.39. The second-order valence-corrected chi connectivity index (χ2v) is 5.16. The van der Waals surface area contributed by atoms with E-state index in [2.05, 4.69) is 10.1 Å². The summed E-state index contributed by atoms with van der Waals surface area (Å²) in [6, 6.07) is 5.84. The quantitative estimate of drug-likeness (QED) is 0.849. The summed E-state index contributed by atoms with van der Waals surface area (Å²) in [4.78, 5) is 18.3. The van der Waals surface area contributed by atoms with Crippen LogP contribution in [0.5, 0.6) is 0 Å². The Labute approximate surface area is 132 Å². The number of morpholine rings is 1. The Morgan fingerprint density at radius 2 is 2.13 bits per heavy atom. The first-order chi connectivity index (χ1) is 11.1. The van der Waals surface area contributed by atoms with Gasteiger partial charge < -0.3 is 14.4 Å². The predicted molar refractivity (Wildman–Crippen MR) is 78.7 cm³/mol. The highest BCUT2D eigenvalue weighted by Crippen LogP contribution is 2.13. The van der Waals surface area contributed by atoms with Crippen LogP contribution < -0.4 is 0 Å². The number of halogens is 1. The zero-order chi connectivity index (χ0) is 16.4. The van der Waals surface area contributed by atoms with Gasteiger partial charge in [0, 0.05) is 13.7 Å². The van der Waals surface area contributed by atoms with Crippen molar-refractivity contribution in [3.8, 4) is 5.69 Å². The largest absolute Gasteiger partial charge is 0.354 e. The van der Waals surface area contributed by atoms with E-state index >= 15 is 0 Å². The van der Waals surface area contributed by atoms with Gasteiger partial charge in [0.25, 0.3) is 5.91 Å². The second-order valence-electron chi connectivity index (χ2n) is 5.16. The third-order valence-electron chi connectivity index (χ3n) is 3.62. The van der Waals surface area contributed by atoms with Crippen LogP contribution in [0.3, 0.4) is 0 Å². The highest BCUT2D eigenvalue weighted by atomic mass is 19.1. The summed E-state index contributed by atoms with van der Waals surface area (Å²) in [6.45, 7) is 2.94. The monoisotopic (exact) mass is 320 g/mol. The molecule has 122 valence electrons.